The molecule has 2 fully saturated rings. The molecule has 1 heteroatoms. The summed E-state index contributed by atoms with van der Waals surface area (Å²) >= 11 is 0. The van der Waals surface area contributed by atoms with Crippen LogP contribution in [-0.2, 0) is 26.2 Å². The van der Waals surface area contributed by atoms with E-state index in [2.05, 4.69) is 25.7 Å². The molecule has 0 heterocycles. The monoisotopic (exact) mass is 438 g/mol. The van der Waals surface area contributed by atoms with Gasteiger partial charge in [0.25, 0.3) is 0 Å². The zero-order chi connectivity index (χ0) is 19.6. The molecule has 2 aliphatic carbocycles. The third-order valence-corrected chi connectivity index (χ3v) is 3.42. The van der Waals surface area contributed by atoms with E-state index in [1.807, 2.05) is 64.2 Å². The molecule has 0 saturated heterocycles. The summed E-state index contributed by atoms with van der Waals surface area (Å²) in [5.74, 6) is 4.75. The van der Waals surface area contributed by atoms with E-state index in [0.29, 0.717) is 0 Å². The van der Waals surface area contributed by atoms with Gasteiger partial charge in [0.1, 0.15) is 0 Å². The normalized spacial score (nSPS) is 13.9. The molecule has 0 nitrogen and oxygen atoms in total. The van der Waals surface area contributed by atoms with Crippen molar-refractivity contribution in [1.82, 2.24) is 0 Å². The maximum atomic E-state index is 6.59. The molecule has 0 aliphatic heterocycles. The van der Waals surface area contributed by atoms with E-state index in [0.717, 1.165) is 25.7 Å². The van der Waals surface area contributed by atoms with E-state index in [9.17, 15) is 0 Å². The maximum Gasteiger partial charge on any atom is 2.00 e. The SMILES string of the molecule is [C-]#CCCCCCC.[C-]#CCCCCCC.[CH]1[CH][CH][CH][CH]1.[CH]1[CH][CH][CH][CH]1.[Zr+2]. The van der Waals surface area contributed by atoms with E-state index < -0.39 is 0 Å². The van der Waals surface area contributed by atoms with E-state index in [-0.39, 0.29) is 26.2 Å². The maximum absolute atomic E-state index is 6.59. The van der Waals surface area contributed by atoms with Crippen molar-refractivity contribution in [3.63, 3.8) is 0 Å². The third-order valence-electron chi connectivity index (χ3n) is 3.42. The van der Waals surface area contributed by atoms with Gasteiger partial charge in [-0.3, -0.25) is 0 Å². The zero-order valence-corrected chi connectivity index (χ0v) is 19.8. The summed E-state index contributed by atoms with van der Waals surface area (Å²) in [5, 5.41) is 0. The molecule has 0 bridgehead atoms. The minimum Gasteiger partial charge on any atom is -0.694 e. The van der Waals surface area contributed by atoms with Crippen LogP contribution in [0.15, 0.2) is 0 Å². The molecule has 0 N–H and O–H groups in total. The Morgan fingerprint density at radius 1 is 0.481 bits per heavy atom. The Morgan fingerprint density at radius 2 is 0.741 bits per heavy atom. The van der Waals surface area contributed by atoms with Crippen LogP contribution in [-0.4, -0.2) is 0 Å². The first-order valence-electron chi connectivity index (χ1n) is 9.95. The minimum absolute atomic E-state index is 0. The first-order chi connectivity index (χ1) is 12.8. The van der Waals surface area contributed by atoms with Gasteiger partial charge in [-0.2, -0.15) is 0 Å². The summed E-state index contributed by atoms with van der Waals surface area (Å²) in [4.78, 5) is 0. The van der Waals surface area contributed by atoms with E-state index in [1.165, 1.54) is 38.5 Å². The molecular weight excluding hydrogens is 404 g/mol. The van der Waals surface area contributed by atoms with Gasteiger partial charge in [0.2, 0.25) is 0 Å². The van der Waals surface area contributed by atoms with Gasteiger partial charge in [-0.1, -0.05) is 52.4 Å². The molecule has 0 amide bonds. The molecule has 0 unspecified atom stereocenters. The predicted octanol–water partition coefficient (Wildman–Crippen LogP) is 7.13. The molecule has 10 radical (unpaired) electrons. The first kappa shape index (κ1) is 31.7. The molecule has 2 rings (SSSR count). The molecule has 2 saturated carbocycles. The standard InChI is InChI=1S/2C8H13.2C5H5.Zr/c2*1-3-5-7-8-6-4-2;2*1-2-4-5-3-1;/h2*3,5-8H2,1H3;2*1-5H;/q2*-1;;;+2. The van der Waals surface area contributed by atoms with Gasteiger partial charge >= 0.3 is 26.2 Å². The van der Waals surface area contributed by atoms with Gasteiger partial charge in [-0.05, 0) is 89.9 Å². The second-order valence-corrected chi connectivity index (χ2v) is 5.90. The van der Waals surface area contributed by atoms with Crippen molar-refractivity contribution >= 4 is 0 Å². The summed E-state index contributed by atoms with van der Waals surface area (Å²) in [5.41, 5.74) is 0. The van der Waals surface area contributed by atoms with Crippen LogP contribution in [0.2, 0.25) is 0 Å². The van der Waals surface area contributed by atoms with Gasteiger partial charge < -0.3 is 24.7 Å². The first-order valence-corrected chi connectivity index (χ1v) is 9.95. The summed E-state index contributed by atoms with van der Waals surface area (Å²) in [6.07, 6.45) is 44.9. The van der Waals surface area contributed by atoms with Gasteiger partial charge in [-0.25, -0.2) is 0 Å². The summed E-state index contributed by atoms with van der Waals surface area (Å²) in [6, 6.07) is 0. The van der Waals surface area contributed by atoms with Gasteiger partial charge in [0.15, 0.2) is 0 Å². The van der Waals surface area contributed by atoms with Crippen molar-refractivity contribution in [2.75, 3.05) is 0 Å². The van der Waals surface area contributed by atoms with Crippen LogP contribution >= 0.6 is 0 Å². The van der Waals surface area contributed by atoms with Gasteiger partial charge in [-0.15, -0.1) is 0 Å². The molecule has 144 valence electrons. The van der Waals surface area contributed by atoms with E-state index in [1.54, 1.807) is 0 Å². The number of hydrogen-bond acceptors (Lipinski definition) is 0. The fourth-order valence-corrected chi connectivity index (χ4v) is 1.92. The Labute approximate surface area is 192 Å². The molecule has 0 aromatic rings. The van der Waals surface area contributed by atoms with E-state index >= 15 is 0 Å². The van der Waals surface area contributed by atoms with Crippen molar-refractivity contribution in [3.05, 3.63) is 77.1 Å². The Morgan fingerprint density at radius 3 is 0.926 bits per heavy atom. The van der Waals surface area contributed by atoms with E-state index in [4.69, 9.17) is 12.8 Å². The topological polar surface area (TPSA) is 0 Å². The predicted molar refractivity (Wildman–Crippen MR) is 115 cm³/mol. The molecule has 27 heavy (non-hydrogen) atoms. The fourth-order valence-electron chi connectivity index (χ4n) is 1.92. The van der Waals surface area contributed by atoms with Crippen LogP contribution in [0.25, 0.3) is 0 Å². The average molecular weight is 440 g/mol. The van der Waals surface area contributed by atoms with Crippen molar-refractivity contribution in [2.24, 2.45) is 0 Å². The second kappa shape index (κ2) is 33.6. The molecule has 0 aromatic carbocycles. The van der Waals surface area contributed by atoms with Gasteiger partial charge in [0.05, 0.1) is 0 Å². The molecule has 0 aromatic heterocycles. The number of hydrogen-bond donors (Lipinski definition) is 0. The fraction of sp³-hybridized carbons (Fsp3) is 0.462. The zero-order valence-electron chi connectivity index (χ0n) is 17.3. The van der Waals surface area contributed by atoms with Gasteiger partial charge in [0, 0.05) is 0 Å². The Kier molecular flexibility index (Phi) is 39.4. The molecule has 0 atom stereocenters. The van der Waals surface area contributed by atoms with Crippen LogP contribution in [0.3, 0.4) is 0 Å². The number of unbranched alkanes of at least 4 members (excludes halogenated alkanes) is 8. The van der Waals surface area contributed by atoms with Crippen LogP contribution in [0, 0.1) is 88.9 Å². The molecule has 2 aliphatic rings. The smallest absolute Gasteiger partial charge is 0.694 e. The summed E-state index contributed by atoms with van der Waals surface area (Å²) in [6.45, 7) is 4.38. The third kappa shape index (κ3) is 37.4. The quantitative estimate of drug-likeness (QED) is 0.214. The van der Waals surface area contributed by atoms with Crippen LogP contribution in [0.1, 0.15) is 78.1 Å². The molecular formula is C26H36Zr. The summed E-state index contributed by atoms with van der Waals surface area (Å²) < 4.78 is 0. The summed E-state index contributed by atoms with van der Waals surface area (Å²) in [7, 11) is 0. The van der Waals surface area contributed by atoms with Crippen LogP contribution < -0.4 is 0 Å². The van der Waals surface area contributed by atoms with Crippen molar-refractivity contribution in [2.45, 2.75) is 78.1 Å². The largest absolute Gasteiger partial charge is 2.00 e. The molecule has 0 spiro atoms. The Hall–Kier alpha value is 0.00312. The van der Waals surface area contributed by atoms with Crippen molar-refractivity contribution < 1.29 is 26.2 Å². The second-order valence-electron chi connectivity index (χ2n) is 5.90. The minimum atomic E-state index is 0. The van der Waals surface area contributed by atoms with Crippen LogP contribution in [0.4, 0.5) is 0 Å². The average Bonchev–Trinajstić information content (AvgIpc) is 3.41. The Balaban J connectivity index is -0.000000286. The number of rotatable bonds is 8. The Bertz CT molecular complexity index is 252. The van der Waals surface area contributed by atoms with Crippen molar-refractivity contribution in [3.8, 4) is 11.8 Å². The van der Waals surface area contributed by atoms with Crippen molar-refractivity contribution in [1.29, 1.82) is 0 Å². The van der Waals surface area contributed by atoms with Crippen LogP contribution in [0.5, 0.6) is 0 Å².